The van der Waals surface area contributed by atoms with Gasteiger partial charge in [-0.2, -0.15) is 14.9 Å². The van der Waals surface area contributed by atoms with E-state index in [0.29, 0.717) is 31.0 Å². The molecule has 4 rings (SSSR count). The van der Waals surface area contributed by atoms with Crippen LogP contribution in [0.5, 0.6) is 0 Å². The van der Waals surface area contributed by atoms with Gasteiger partial charge in [-0.05, 0) is 118 Å². The highest BCUT2D eigenvalue weighted by atomic mass is 79.9. The number of aromatic amines is 1. The van der Waals surface area contributed by atoms with E-state index >= 15 is 0 Å². The number of fused-ring (bicyclic) bond motifs is 2. The van der Waals surface area contributed by atoms with Gasteiger partial charge in [0.05, 0.1) is 34.6 Å². The molecule has 0 radical (unpaired) electrons. The number of ether oxygens (including phenoxy) is 3. The van der Waals surface area contributed by atoms with Crippen molar-refractivity contribution in [3.05, 3.63) is 56.7 Å². The number of H-pyrrole nitrogens is 1. The smallest absolute Gasteiger partial charge is 0.435 e. The van der Waals surface area contributed by atoms with Gasteiger partial charge in [0, 0.05) is 19.7 Å². The molecule has 220 valence electrons. The van der Waals surface area contributed by atoms with E-state index in [1.807, 2.05) is 26.8 Å². The monoisotopic (exact) mass is 692 g/mol. The molecule has 2 aromatic heterocycles. The molecule has 0 fully saturated rings. The van der Waals surface area contributed by atoms with Crippen LogP contribution in [0.25, 0.3) is 21.8 Å². The lowest BCUT2D eigenvalue weighted by Crippen LogP contribution is -2.27. The molecule has 10 nitrogen and oxygen atoms in total. The Kier molecular flexibility index (Phi) is 9.39. The van der Waals surface area contributed by atoms with Crippen LogP contribution >= 0.6 is 31.9 Å². The van der Waals surface area contributed by atoms with Crippen molar-refractivity contribution >= 4 is 71.7 Å². The molecule has 0 aliphatic heterocycles. The summed E-state index contributed by atoms with van der Waals surface area (Å²) < 4.78 is 18.5. The van der Waals surface area contributed by atoms with E-state index in [2.05, 4.69) is 47.2 Å². The minimum atomic E-state index is -0.622. The number of carbonyl (C=O) groups excluding carboxylic acids is 3. The molecule has 2 aromatic carbocycles. The van der Waals surface area contributed by atoms with Crippen molar-refractivity contribution in [1.29, 1.82) is 0 Å². The minimum Gasteiger partial charge on any atom is -0.456 e. The van der Waals surface area contributed by atoms with Gasteiger partial charge in [0.15, 0.2) is 0 Å². The van der Waals surface area contributed by atoms with E-state index in [0.717, 1.165) is 10.9 Å². The van der Waals surface area contributed by atoms with E-state index in [1.165, 1.54) is 10.9 Å². The fourth-order valence-electron chi connectivity index (χ4n) is 3.48. The summed E-state index contributed by atoms with van der Waals surface area (Å²) in [5, 5.41) is 12.3. The number of hydrogen-bond donors (Lipinski definition) is 1. The van der Waals surface area contributed by atoms with Crippen LogP contribution in [0.2, 0.25) is 0 Å². The molecule has 0 spiro atoms. The van der Waals surface area contributed by atoms with Gasteiger partial charge in [-0.1, -0.05) is 0 Å². The summed E-state index contributed by atoms with van der Waals surface area (Å²) in [6.07, 6.45) is 2.61. The Morgan fingerprint density at radius 3 is 1.71 bits per heavy atom. The number of aromatic nitrogens is 4. The number of rotatable bonds is 2. The molecule has 0 atom stereocenters. The number of benzene rings is 2. The van der Waals surface area contributed by atoms with Crippen LogP contribution in [0.1, 0.15) is 83.0 Å². The maximum Gasteiger partial charge on any atom is 0.435 e. The Bertz CT molecular complexity index is 1600. The van der Waals surface area contributed by atoms with E-state index in [1.54, 1.807) is 65.9 Å². The number of nitrogens with zero attached hydrogens (tertiary/aromatic N) is 3. The van der Waals surface area contributed by atoms with Gasteiger partial charge >= 0.3 is 18.0 Å². The first kappa shape index (κ1) is 32.3. The summed E-state index contributed by atoms with van der Waals surface area (Å²) in [4.78, 5) is 36.5. The third kappa shape index (κ3) is 8.38. The lowest BCUT2D eigenvalue weighted by molar-refractivity contribution is 0.00561. The van der Waals surface area contributed by atoms with Crippen LogP contribution < -0.4 is 0 Å². The number of halogens is 2. The van der Waals surface area contributed by atoms with E-state index in [9.17, 15) is 14.4 Å². The Morgan fingerprint density at radius 1 is 0.707 bits per heavy atom. The number of carbonyl (C=O) groups is 3. The van der Waals surface area contributed by atoms with Gasteiger partial charge in [0.1, 0.15) is 16.8 Å². The Hall–Kier alpha value is -3.25. The molecule has 0 amide bonds. The average Bonchev–Trinajstić information content (AvgIpc) is 3.44. The summed E-state index contributed by atoms with van der Waals surface area (Å²) in [6, 6.07) is 6.78. The van der Waals surface area contributed by atoms with Crippen molar-refractivity contribution in [2.75, 3.05) is 0 Å². The Balaban J connectivity index is 0.000000239. The maximum absolute atomic E-state index is 12.3. The van der Waals surface area contributed by atoms with Crippen LogP contribution in [0, 0.1) is 0 Å². The molecule has 12 heteroatoms. The summed E-state index contributed by atoms with van der Waals surface area (Å²) >= 11 is 6.82. The zero-order valence-corrected chi connectivity index (χ0v) is 27.7. The largest absolute Gasteiger partial charge is 0.456 e. The first-order valence-electron chi connectivity index (χ1n) is 12.8. The topological polar surface area (TPSA) is 125 Å². The van der Waals surface area contributed by atoms with Crippen molar-refractivity contribution in [2.24, 2.45) is 0 Å². The van der Waals surface area contributed by atoms with Crippen molar-refractivity contribution in [1.82, 2.24) is 20.0 Å². The Labute approximate surface area is 255 Å². The van der Waals surface area contributed by atoms with Gasteiger partial charge in [-0.25, -0.2) is 14.4 Å². The van der Waals surface area contributed by atoms with E-state index in [-0.39, 0.29) is 5.97 Å². The van der Waals surface area contributed by atoms with E-state index < -0.39 is 28.9 Å². The van der Waals surface area contributed by atoms with Gasteiger partial charge in [-0.15, -0.1) is 0 Å². The van der Waals surface area contributed by atoms with Gasteiger partial charge < -0.3 is 14.2 Å². The molecule has 4 aromatic rings. The zero-order valence-electron chi connectivity index (χ0n) is 24.5. The fourth-order valence-corrected chi connectivity index (χ4v) is 4.69. The summed E-state index contributed by atoms with van der Waals surface area (Å²) in [6.45, 7) is 16.3. The maximum atomic E-state index is 12.3. The number of esters is 2. The minimum absolute atomic E-state index is 0.340. The second-order valence-corrected chi connectivity index (χ2v) is 13.7. The first-order valence-corrected chi connectivity index (χ1v) is 14.3. The predicted molar refractivity (Wildman–Crippen MR) is 163 cm³/mol. The van der Waals surface area contributed by atoms with Crippen molar-refractivity contribution in [3.8, 4) is 0 Å². The molecule has 2 heterocycles. The zero-order chi connectivity index (χ0) is 30.9. The van der Waals surface area contributed by atoms with Crippen LogP contribution in [0.3, 0.4) is 0 Å². The molecular formula is C29H34Br2N4O6. The summed E-state index contributed by atoms with van der Waals surface area (Å²) in [5.41, 5.74) is 0.597. The van der Waals surface area contributed by atoms with Crippen LogP contribution in [-0.2, 0) is 14.2 Å². The highest BCUT2D eigenvalue weighted by Crippen LogP contribution is 2.30. The molecule has 0 aliphatic carbocycles. The summed E-state index contributed by atoms with van der Waals surface area (Å²) in [7, 11) is 0. The van der Waals surface area contributed by atoms with Crippen LogP contribution in [0.15, 0.2) is 45.6 Å². The fraction of sp³-hybridized carbons (Fsp3) is 0.414. The molecule has 0 saturated heterocycles. The van der Waals surface area contributed by atoms with Crippen molar-refractivity contribution in [2.45, 2.75) is 79.1 Å². The predicted octanol–water partition coefficient (Wildman–Crippen LogP) is 7.82. The molecule has 0 unspecified atom stereocenters. The second-order valence-electron chi connectivity index (χ2n) is 12.2. The highest BCUT2D eigenvalue weighted by Gasteiger charge is 2.25. The van der Waals surface area contributed by atoms with E-state index in [4.69, 9.17) is 14.2 Å². The van der Waals surface area contributed by atoms with Crippen LogP contribution in [-0.4, -0.2) is 54.8 Å². The molecule has 0 bridgehead atoms. The van der Waals surface area contributed by atoms with Gasteiger partial charge in [0.25, 0.3) is 0 Å². The SMILES string of the molecule is CC(C)(C)OC(=O)c1ccc2[nH]ncc2c1Br.CC(C)(C)OC(=O)c1ccc2c(cnn2C(=O)OC(C)(C)C)c1Br. The van der Waals surface area contributed by atoms with Gasteiger partial charge in [0.2, 0.25) is 0 Å². The third-order valence-electron chi connectivity index (χ3n) is 5.05. The molecule has 41 heavy (non-hydrogen) atoms. The molecule has 0 aliphatic rings. The number of hydrogen-bond acceptors (Lipinski definition) is 8. The van der Waals surface area contributed by atoms with Crippen molar-refractivity contribution in [3.63, 3.8) is 0 Å². The standard InChI is InChI=1S/C17H21BrN2O4.C12H13BrN2O2/c1-16(2,3)23-14(21)10-7-8-12-11(13(10)18)9-19-20(12)15(22)24-17(4,5)6;1-12(2,3)17-11(16)7-4-5-9-8(10(7)13)6-14-15-9/h7-9H,1-6H3;4-6H,1-3H3,(H,14,15). The van der Waals surface area contributed by atoms with Crippen LogP contribution in [0.4, 0.5) is 4.79 Å². The number of nitrogens with one attached hydrogen (secondary N) is 1. The molecular weight excluding hydrogens is 660 g/mol. The normalized spacial score (nSPS) is 12.1. The second kappa shape index (κ2) is 11.9. The third-order valence-corrected chi connectivity index (χ3v) is 6.76. The quantitative estimate of drug-likeness (QED) is 0.166. The average molecular weight is 694 g/mol. The first-order chi connectivity index (χ1) is 18.8. The van der Waals surface area contributed by atoms with Gasteiger partial charge in [-0.3, -0.25) is 5.10 Å². The lowest BCUT2D eigenvalue weighted by atomic mass is 10.1. The summed E-state index contributed by atoms with van der Waals surface area (Å²) in [5.74, 6) is -0.784. The highest BCUT2D eigenvalue weighted by molar-refractivity contribution is 9.11. The van der Waals surface area contributed by atoms with Crippen molar-refractivity contribution < 1.29 is 28.6 Å². The Morgan fingerprint density at radius 2 is 1.20 bits per heavy atom. The molecule has 0 saturated carbocycles. The molecule has 1 N–H and O–H groups in total. The lowest BCUT2D eigenvalue weighted by Gasteiger charge is -2.20.